The summed E-state index contributed by atoms with van der Waals surface area (Å²) in [4.78, 5) is 2.45. The third kappa shape index (κ3) is 5.71. The van der Waals surface area contributed by atoms with Crippen LogP contribution < -0.4 is 9.64 Å². The van der Waals surface area contributed by atoms with Crippen LogP contribution in [0.1, 0.15) is 22.3 Å². The minimum atomic E-state index is -0.717. The third-order valence-corrected chi connectivity index (χ3v) is 15.5. The Balaban J connectivity index is 1.05. The maximum absolute atomic E-state index is 6.83. The fourth-order valence-electron chi connectivity index (χ4n) is 12.6. The second kappa shape index (κ2) is 15.4. The van der Waals surface area contributed by atoms with Crippen LogP contribution in [-0.2, 0) is 5.41 Å². The molecule has 2 nitrogen and oxygen atoms in total. The van der Waals surface area contributed by atoms with E-state index in [1.165, 1.54) is 88.3 Å². The number of hydrogen-bond donors (Lipinski definition) is 0. The molecule has 1 spiro atoms. The van der Waals surface area contributed by atoms with Crippen molar-refractivity contribution in [3.63, 3.8) is 0 Å². The van der Waals surface area contributed by atoms with E-state index in [4.69, 9.17) is 4.74 Å². The van der Waals surface area contributed by atoms with E-state index in [0.29, 0.717) is 0 Å². The van der Waals surface area contributed by atoms with E-state index in [9.17, 15) is 0 Å². The summed E-state index contributed by atoms with van der Waals surface area (Å²) in [6, 6.07) is 96.4. The largest absolute Gasteiger partial charge is 0.456 e. The molecule has 0 N–H and O–H groups in total. The van der Waals surface area contributed by atoms with Gasteiger partial charge in [-0.25, -0.2) is 0 Å². The summed E-state index contributed by atoms with van der Waals surface area (Å²) in [5, 5.41) is 5.08. The van der Waals surface area contributed by atoms with Crippen LogP contribution in [0, 0.1) is 0 Å². The van der Waals surface area contributed by atoms with Crippen molar-refractivity contribution in [1.29, 1.82) is 0 Å². The number of benzene rings is 12. The van der Waals surface area contributed by atoms with Gasteiger partial charge in [-0.2, -0.15) is 0 Å². The second-order valence-corrected chi connectivity index (χ2v) is 19.0. The summed E-state index contributed by atoms with van der Waals surface area (Å²) in [6.07, 6.45) is 0. The van der Waals surface area contributed by atoms with E-state index in [-0.39, 0.29) is 0 Å². The number of ether oxygens (including phenoxy) is 1. The summed E-state index contributed by atoms with van der Waals surface area (Å²) in [5.74, 6) is 1.69. The number of anilines is 3. The number of para-hydroxylation sites is 1. The highest BCUT2D eigenvalue weighted by Gasteiger charge is 2.51. The van der Waals surface area contributed by atoms with Gasteiger partial charge in [-0.1, -0.05) is 212 Å². The standard InChI is InChI=1S/C69H43NO/c1-2-18-44(19-3-1)45-34-36-46(37-35-45)70(47-39-41-66-61(42-47)54-25-7-6-22-51(54)57-27-14-17-33-65(57)71-66)48-38-40-56-50-21-5-4-20-49(50)55-26-12-15-31-62(55)69(64(56)43-48)63-32-16-13-30-60(63)67-58-28-10-8-23-52(58)53-24-9-11-29-59(53)68(67)69/h1-43H. The third-order valence-electron chi connectivity index (χ3n) is 15.5. The molecule has 0 fully saturated rings. The van der Waals surface area contributed by atoms with Gasteiger partial charge in [-0.05, 0) is 148 Å². The first-order valence-corrected chi connectivity index (χ1v) is 24.6. The van der Waals surface area contributed by atoms with Crippen LogP contribution in [-0.4, -0.2) is 0 Å². The molecule has 0 bridgehead atoms. The first-order valence-electron chi connectivity index (χ1n) is 24.6. The minimum Gasteiger partial charge on any atom is -0.456 e. The number of nitrogens with zero attached hydrogens (tertiary/aromatic N) is 1. The molecule has 1 unspecified atom stereocenters. The van der Waals surface area contributed by atoms with Crippen molar-refractivity contribution in [2.24, 2.45) is 0 Å². The monoisotopic (exact) mass is 901 g/mol. The first kappa shape index (κ1) is 39.7. The predicted molar refractivity (Wildman–Crippen MR) is 294 cm³/mol. The Morgan fingerprint density at radius 2 is 0.718 bits per heavy atom. The normalized spacial score (nSPS) is 14.4. The maximum atomic E-state index is 6.83. The van der Waals surface area contributed by atoms with Gasteiger partial charge in [0, 0.05) is 28.2 Å². The molecule has 71 heavy (non-hydrogen) atoms. The van der Waals surface area contributed by atoms with Crippen LogP contribution in [0.4, 0.5) is 17.1 Å². The van der Waals surface area contributed by atoms with Gasteiger partial charge >= 0.3 is 0 Å². The van der Waals surface area contributed by atoms with Crippen molar-refractivity contribution in [2.75, 3.05) is 4.90 Å². The van der Waals surface area contributed by atoms with Gasteiger partial charge in [0.1, 0.15) is 11.5 Å². The molecule has 2 aliphatic carbocycles. The molecule has 3 aliphatic rings. The Morgan fingerprint density at radius 3 is 1.44 bits per heavy atom. The summed E-state index contributed by atoms with van der Waals surface area (Å²) < 4.78 is 6.83. The van der Waals surface area contributed by atoms with Crippen LogP contribution in [0.5, 0.6) is 11.5 Å². The zero-order chi connectivity index (χ0) is 46.6. The van der Waals surface area contributed by atoms with Gasteiger partial charge in [0.25, 0.3) is 0 Å². The number of fused-ring (bicyclic) bond motifs is 22. The van der Waals surface area contributed by atoms with Gasteiger partial charge in [-0.15, -0.1) is 0 Å². The fourth-order valence-corrected chi connectivity index (χ4v) is 12.6. The molecule has 0 amide bonds. The van der Waals surface area contributed by atoms with Crippen LogP contribution in [0.3, 0.4) is 0 Å². The Kier molecular flexibility index (Phi) is 8.61. The summed E-state index contributed by atoms with van der Waals surface area (Å²) in [6.45, 7) is 0. The molecule has 0 saturated carbocycles. The Labute approximate surface area is 413 Å². The molecule has 0 saturated heterocycles. The van der Waals surface area contributed by atoms with Gasteiger partial charge in [0.15, 0.2) is 0 Å². The van der Waals surface area contributed by atoms with E-state index in [1.807, 2.05) is 0 Å². The topological polar surface area (TPSA) is 12.5 Å². The Bertz CT molecular complexity index is 4150. The quantitative estimate of drug-likeness (QED) is 0.163. The highest BCUT2D eigenvalue weighted by molar-refractivity contribution is 6.20. The average molecular weight is 902 g/mol. The Morgan fingerprint density at radius 1 is 0.268 bits per heavy atom. The summed E-state index contributed by atoms with van der Waals surface area (Å²) in [7, 11) is 0. The van der Waals surface area contributed by atoms with Crippen molar-refractivity contribution < 1.29 is 4.74 Å². The van der Waals surface area contributed by atoms with Crippen molar-refractivity contribution in [3.8, 4) is 78.3 Å². The van der Waals surface area contributed by atoms with Crippen molar-refractivity contribution in [2.45, 2.75) is 5.41 Å². The zero-order valence-corrected chi connectivity index (χ0v) is 38.7. The molecule has 1 aliphatic heterocycles. The molecule has 12 aromatic carbocycles. The highest BCUT2D eigenvalue weighted by Crippen LogP contribution is 2.65. The predicted octanol–water partition coefficient (Wildman–Crippen LogP) is 18.6. The lowest BCUT2D eigenvalue weighted by molar-refractivity contribution is 0.488. The number of hydrogen-bond acceptors (Lipinski definition) is 2. The van der Waals surface area contributed by atoms with Gasteiger partial charge < -0.3 is 9.64 Å². The molecule has 0 aromatic heterocycles. The van der Waals surface area contributed by atoms with Crippen LogP contribution in [0.2, 0.25) is 0 Å². The zero-order valence-electron chi connectivity index (χ0n) is 38.7. The molecule has 0 radical (unpaired) electrons. The molecule has 2 heteroatoms. The maximum Gasteiger partial charge on any atom is 0.135 e. The lowest BCUT2D eigenvalue weighted by Gasteiger charge is -2.37. The molecular weight excluding hydrogens is 859 g/mol. The molecule has 12 aromatic rings. The first-order chi connectivity index (χ1) is 35.2. The second-order valence-electron chi connectivity index (χ2n) is 19.0. The molecule has 330 valence electrons. The van der Waals surface area contributed by atoms with E-state index in [2.05, 4.69) is 266 Å². The van der Waals surface area contributed by atoms with E-state index < -0.39 is 5.41 Å². The van der Waals surface area contributed by atoms with E-state index in [0.717, 1.165) is 50.8 Å². The SMILES string of the molecule is c1ccc(-c2ccc(N(c3ccc4c(c3)-c3ccccc3-c3ccccc3O4)c3ccc4c(c3)C3(c5ccccc5-c5ccccc5-4)c4ccccc4-c4c3c3ccccc3c3ccccc43)cc2)cc1. The smallest absolute Gasteiger partial charge is 0.135 e. The van der Waals surface area contributed by atoms with E-state index in [1.54, 1.807) is 0 Å². The Hall–Kier alpha value is -9.24. The van der Waals surface area contributed by atoms with Crippen LogP contribution >= 0.6 is 0 Å². The molecule has 1 heterocycles. The molecule has 1 atom stereocenters. The van der Waals surface area contributed by atoms with Gasteiger partial charge in [-0.3, -0.25) is 0 Å². The fraction of sp³-hybridized carbons (Fsp3) is 0.0145. The number of rotatable bonds is 4. The van der Waals surface area contributed by atoms with Crippen molar-refractivity contribution in [3.05, 3.63) is 283 Å². The van der Waals surface area contributed by atoms with Crippen molar-refractivity contribution >= 4 is 38.6 Å². The van der Waals surface area contributed by atoms with Crippen LogP contribution in [0.25, 0.3) is 88.3 Å². The van der Waals surface area contributed by atoms with E-state index >= 15 is 0 Å². The molecular formula is C69H43NO. The molecule has 15 rings (SSSR count). The average Bonchev–Trinajstić information content (AvgIpc) is 3.62. The minimum absolute atomic E-state index is 0.717. The van der Waals surface area contributed by atoms with Crippen LogP contribution in [0.15, 0.2) is 261 Å². The summed E-state index contributed by atoms with van der Waals surface area (Å²) >= 11 is 0. The lowest BCUT2D eigenvalue weighted by Crippen LogP contribution is -2.30. The lowest BCUT2D eigenvalue weighted by atomic mass is 9.64. The highest BCUT2D eigenvalue weighted by atomic mass is 16.5. The summed E-state index contributed by atoms with van der Waals surface area (Å²) in [5.41, 5.74) is 21.9. The van der Waals surface area contributed by atoms with Crippen molar-refractivity contribution in [1.82, 2.24) is 0 Å². The van der Waals surface area contributed by atoms with Gasteiger partial charge in [0.2, 0.25) is 0 Å². The van der Waals surface area contributed by atoms with Gasteiger partial charge in [0.05, 0.1) is 5.41 Å².